The lowest BCUT2D eigenvalue weighted by Gasteiger charge is -2.41. The molecule has 0 aromatic carbocycles. The first-order valence-electron chi connectivity index (χ1n) is 31.5. The molecule has 0 heterocycles. The Kier molecular flexibility index (Phi) is 49.5. The zero-order chi connectivity index (χ0) is 54.0. The number of ether oxygens (including phenoxy) is 2. The monoisotopic (exact) mass is 1070 g/mol. The lowest BCUT2D eigenvalue weighted by molar-refractivity contribution is -0.220. The molecule has 6 atom stereocenters. The second-order valence-corrected chi connectivity index (χ2v) is 23.7. The van der Waals surface area contributed by atoms with Gasteiger partial charge in [0, 0.05) is 13.0 Å². The van der Waals surface area contributed by atoms with Crippen LogP contribution >= 0.6 is 7.82 Å². The van der Waals surface area contributed by atoms with Crippen LogP contribution in [0.2, 0.25) is 0 Å². The third kappa shape index (κ3) is 42.1. The smallest absolute Gasteiger partial charge is 0.457 e. The van der Waals surface area contributed by atoms with E-state index in [1.54, 1.807) is 0 Å². The van der Waals surface area contributed by atoms with Gasteiger partial charge in [0.25, 0.3) is 0 Å². The first-order valence-corrected chi connectivity index (χ1v) is 33.0. The van der Waals surface area contributed by atoms with Crippen molar-refractivity contribution in [2.75, 3.05) is 19.8 Å². The van der Waals surface area contributed by atoms with Crippen molar-refractivity contribution in [2.24, 2.45) is 0 Å². The predicted molar refractivity (Wildman–Crippen MR) is 304 cm³/mol. The maximum absolute atomic E-state index is 12.9. The van der Waals surface area contributed by atoms with Crippen LogP contribution in [0.15, 0.2) is 12.2 Å². The molecule has 0 bridgehead atoms. The summed E-state index contributed by atoms with van der Waals surface area (Å²) in [5, 5.41) is 50.5. The van der Waals surface area contributed by atoms with Crippen molar-refractivity contribution in [3.05, 3.63) is 12.2 Å². The fourth-order valence-corrected chi connectivity index (χ4v) is 11.2. The molecule has 0 aliphatic heterocycles. The van der Waals surface area contributed by atoms with E-state index in [0.29, 0.717) is 13.0 Å². The molecule has 0 aromatic heterocycles. The fourth-order valence-electron chi connectivity index (χ4n) is 10.2. The second kappa shape index (κ2) is 51.5. The summed E-state index contributed by atoms with van der Waals surface area (Å²) in [6.45, 7) is 4.34. The summed E-state index contributed by atoms with van der Waals surface area (Å²) in [6, 6.07) is 0. The van der Waals surface area contributed by atoms with Gasteiger partial charge in [-0.1, -0.05) is 276 Å². The molecule has 0 spiro atoms. The van der Waals surface area contributed by atoms with Crippen LogP contribution in [0.5, 0.6) is 0 Å². The number of aliphatic hydroxyl groups excluding tert-OH is 5. The number of allylic oxidation sites excluding steroid dienone is 2. The molecule has 1 fully saturated rings. The third-order valence-corrected chi connectivity index (χ3v) is 16.1. The molecule has 13 heteroatoms. The molecule has 12 nitrogen and oxygen atoms in total. The highest BCUT2D eigenvalue weighted by Crippen LogP contribution is 2.47. The molecule has 6 N–H and O–H groups in total. The summed E-state index contributed by atoms with van der Waals surface area (Å²) < 4.78 is 34.5. The molecule has 1 saturated carbocycles. The molecule has 0 aromatic rings. The SMILES string of the molecule is CCCCCCCCCC/C=C\CCCCCCCCCCCCCCOCC(COP(=O)(O)OC1C(O)C(O)C(O)C(O)C1O)OC(=O)CCCCCCCCCCCCCCCCCCCCCCCCC. The highest BCUT2D eigenvalue weighted by Gasteiger charge is 2.51. The molecule has 1 aliphatic rings. The van der Waals surface area contributed by atoms with Gasteiger partial charge in [0.1, 0.15) is 42.7 Å². The Balaban J connectivity index is 2.22. The van der Waals surface area contributed by atoms with Gasteiger partial charge in [0.2, 0.25) is 0 Å². The lowest BCUT2D eigenvalue weighted by Crippen LogP contribution is -2.64. The van der Waals surface area contributed by atoms with Crippen molar-refractivity contribution in [3.63, 3.8) is 0 Å². The van der Waals surface area contributed by atoms with Gasteiger partial charge in [-0.3, -0.25) is 13.8 Å². The van der Waals surface area contributed by atoms with Crippen molar-refractivity contribution in [1.82, 2.24) is 0 Å². The average Bonchev–Trinajstić information content (AvgIpc) is 3.39. The Morgan fingerprint density at radius 1 is 0.419 bits per heavy atom. The number of hydrogen-bond donors (Lipinski definition) is 6. The minimum absolute atomic E-state index is 0.0699. The van der Waals surface area contributed by atoms with Crippen molar-refractivity contribution >= 4 is 13.8 Å². The van der Waals surface area contributed by atoms with Crippen LogP contribution in [0, 0.1) is 0 Å². The lowest BCUT2D eigenvalue weighted by atomic mass is 9.85. The van der Waals surface area contributed by atoms with E-state index in [9.17, 15) is 39.8 Å². The van der Waals surface area contributed by atoms with E-state index in [0.717, 1.165) is 38.5 Å². The molecule has 0 saturated heterocycles. The van der Waals surface area contributed by atoms with Gasteiger partial charge in [-0.15, -0.1) is 0 Å². The highest BCUT2D eigenvalue weighted by molar-refractivity contribution is 7.47. The standard InChI is InChI=1S/C61H119O12P/c1-3-5-7-9-11-13-15-17-19-21-23-25-27-29-31-33-35-37-39-41-43-45-47-49-51-70-52-54(53-71-74(68,69)73-61-59(66)57(64)56(63)58(65)60(61)67)72-55(62)50-48-46-44-42-40-38-36-34-32-30-28-26-24-22-20-18-16-14-12-10-8-6-4-2/h21,23,54,56-61,63-67H,3-20,22,24-53H2,1-2H3,(H,68,69)/b23-21-. The summed E-state index contributed by atoms with van der Waals surface area (Å²) in [5.74, 6) is -0.468. The Morgan fingerprint density at radius 3 is 1.07 bits per heavy atom. The zero-order valence-electron chi connectivity index (χ0n) is 47.9. The number of aliphatic hydroxyl groups is 5. The Bertz CT molecular complexity index is 1270. The van der Waals surface area contributed by atoms with Crippen molar-refractivity contribution in [2.45, 2.75) is 352 Å². The number of carbonyl (C=O) groups is 1. The van der Waals surface area contributed by atoms with Crippen molar-refractivity contribution < 1.29 is 58.3 Å². The first kappa shape index (κ1) is 71.1. The van der Waals surface area contributed by atoms with Gasteiger partial charge in [-0.05, 0) is 38.5 Å². The van der Waals surface area contributed by atoms with E-state index in [1.165, 1.54) is 244 Å². The van der Waals surface area contributed by atoms with Gasteiger partial charge in [-0.25, -0.2) is 4.57 Å². The molecule has 1 aliphatic carbocycles. The Hall–Kier alpha value is -0.920. The molecular formula is C61H119O12P. The summed E-state index contributed by atoms with van der Waals surface area (Å²) in [4.78, 5) is 23.4. The van der Waals surface area contributed by atoms with Crippen LogP contribution in [0.1, 0.15) is 309 Å². The summed E-state index contributed by atoms with van der Waals surface area (Å²) in [5.41, 5.74) is 0. The fraction of sp³-hybridized carbons (Fsp3) is 0.951. The Morgan fingerprint density at radius 2 is 0.716 bits per heavy atom. The van der Waals surface area contributed by atoms with Crippen molar-refractivity contribution in [3.8, 4) is 0 Å². The molecule has 1 rings (SSSR count). The number of rotatable bonds is 56. The van der Waals surface area contributed by atoms with Crippen LogP contribution in [0.25, 0.3) is 0 Å². The van der Waals surface area contributed by atoms with E-state index in [2.05, 4.69) is 26.0 Å². The number of phosphoric ester groups is 1. The molecule has 6 unspecified atom stereocenters. The summed E-state index contributed by atoms with van der Waals surface area (Å²) in [6.07, 6.45) is 50.1. The predicted octanol–water partition coefficient (Wildman–Crippen LogP) is 15.8. The van der Waals surface area contributed by atoms with Crippen LogP contribution in [-0.4, -0.2) is 98.9 Å². The minimum atomic E-state index is -5.02. The largest absolute Gasteiger partial charge is 0.472 e. The van der Waals surface area contributed by atoms with E-state index in [1.807, 2.05) is 0 Å². The van der Waals surface area contributed by atoms with E-state index in [4.69, 9.17) is 18.5 Å². The highest BCUT2D eigenvalue weighted by atomic mass is 31.2. The number of phosphoric acid groups is 1. The van der Waals surface area contributed by atoms with Gasteiger partial charge in [-0.2, -0.15) is 0 Å². The topological polar surface area (TPSA) is 192 Å². The van der Waals surface area contributed by atoms with E-state index < -0.39 is 63.1 Å². The summed E-state index contributed by atoms with van der Waals surface area (Å²) in [7, 11) is -5.02. The molecule has 0 radical (unpaired) electrons. The van der Waals surface area contributed by atoms with Gasteiger partial charge < -0.3 is 39.9 Å². The number of esters is 1. The molecule has 440 valence electrons. The van der Waals surface area contributed by atoms with Crippen molar-refractivity contribution in [1.29, 1.82) is 0 Å². The molecule has 0 amide bonds. The zero-order valence-corrected chi connectivity index (χ0v) is 48.8. The van der Waals surface area contributed by atoms with Gasteiger partial charge in [0.15, 0.2) is 0 Å². The second-order valence-electron chi connectivity index (χ2n) is 22.3. The number of hydrogen-bond acceptors (Lipinski definition) is 11. The molecule has 74 heavy (non-hydrogen) atoms. The van der Waals surface area contributed by atoms with Gasteiger partial charge in [0.05, 0.1) is 13.2 Å². The minimum Gasteiger partial charge on any atom is -0.457 e. The quantitative estimate of drug-likeness (QED) is 0.0146. The number of unbranched alkanes of at least 4 members (excludes halogenated alkanes) is 42. The third-order valence-electron chi connectivity index (χ3n) is 15.1. The Labute approximate surface area is 454 Å². The van der Waals surface area contributed by atoms with Gasteiger partial charge >= 0.3 is 13.8 Å². The number of carbonyl (C=O) groups excluding carboxylic acids is 1. The maximum Gasteiger partial charge on any atom is 0.472 e. The van der Waals surface area contributed by atoms with E-state index >= 15 is 0 Å². The van der Waals surface area contributed by atoms with E-state index in [-0.39, 0.29) is 13.0 Å². The normalized spacial score (nSPS) is 20.4. The summed E-state index contributed by atoms with van der Waals surface area (Å²) >= 11 is 0. The average molecular weight is 1080 g/mol. The first-order chi connectivity index (χ1) is 36.0. The van der Waals surface area contributed by atoms with Crippen LogP contribution in [-0.2, 0) is 27.9 Å². The van der Waals surface area contributed by atoms with Crippen LogP contribution in [0.3, 0.4) is 0 Å². The van der Waals surface area contributed by atoms with Crippen LogP contribution in [0.4, 0.5) is 0 Å². The van der Waals surface area contributed by atoms with Crippen LogP contribution < -0.4 is 0 Å². The maximum atomic E-state index is 12.9. The molecular weight excluding hydrogens is 956 g/mol.